The van der Waals surface area contributed by atoms with E-state index in [2.05, 4.69) is 14.1 Å². The van der Waals surface area contributed by atoms with Crippen molar-refractivity contribution in [3.8, 4) is 0 Å². The highest BCUT2D eigenvalue weighted by atomic mass is 32.2. The number of halogens is 2. The number of hydrogen-bond acceptors (Lipinski definition) is 7. The molecule has 0 atom stereocenters. The van der Waals surface area contributed by atoms with Crippen molar-refractivity contribution in [1.29, 1.82) is 0 Å². The summed E-state index contributed by atoms with van der Waals surface area (Å²) in [5, 5.41) is 16.7. The molecular formula is C10H17F2O6S-. The lowest BCUT2D eigenvalue weighted by Gasteiger charge is -2.13. The van der Waals surface area contributed by atoms with Gasteiger partial charge in [-0.1, -0.05) is 25.7 Å². The molecule has 0 saturated carbocycles. The number of aliphatic hydroxyl groups is 1. The normalized spacial score (nSPS) is 11.6. The predicted molar refractivity (Wildman–Crippen MR) is 60.5 cm³/mol. The number of alkyl halides is 2. The molecule has 0 amide bonds. The van der Waals surface area contributed by atoms with E-state index in [4.69, 9.17) is 5.11 Å². The first-order valence-electron chi connectivity index (χ1n) is 5.85. The zero-order chi connectivity index (χ0) is 14.6. The number of unbranched alkanes of at least 4 members (excludes halogenated alkanes) is 5. The van der Waals surface area contributed by atoms with E-state index in [0.717, 1.165) is 32.1 Å². The van der Waals surface area contributed by atoms with E-state index in [1.165, 1.54) is 0 Å². The summed E-state index contributed by atoms with van der Waals surface area (Å²) >= 11 is -0.702. The molecule has 9 heteroatoms. The van der Waals surface area contributed by atoms with E-state index in [9.17, 15) is 18.8 Å². The average Bonchev–Trinajstić information content (AvgIpc) is 2.39. The average molecular weight is 303 g/mol. The number of carbonyl (C=O) groups is 1. The minimum absolute atomic E-state index is 0.118. The summed E-state index contributed by atoms with van der Waals surface area (Å²) in [6.07, 6.45) is 4.71. The molecule has 0 radical (unpaired) electrons. The van der Waals surface area contributed by atoms with Gasteiger partial charge in [0.2, 0.25) is 0 Å². The van der Waals surface area contributed by atoms with Gasteiger partial charge < -0.3 is 15.1 Å². The second-order valence-electron chi connectivity index (χ2n) is 3.72. The molecule has 0 bridgehead atoms. The Bertz CT molecular complexity index is 242. The summed E-state index contributed by atoms with van der Waals surface area (Å²) in [5.41, 5.74) is 0. The first-order valence-corrected chi connectivity index (χ1v) is 6.59. The number of carbonyl (C=O) groups excluding carboxylic acids is 1. The fourth-order valence-corrected chi connectivity index (χ4v) is 1.50. The van der Waals surface area contributed by atoms with Crippen molar-refractivity contribution in [1.82, 2.24) is 0 Å². The number of rotatable bonds is 12. The maximum Gasteiger partial charge on any atom is 0.415 e. The van der Waals surface area contributed by atoms with Crippen LogP contribution in [0.2, 0.25) is 0 Å². The molecule has 0 aromatic rings. The SMILES string of the molecule is O=C(OCCCCCCCCO)C(F)(F)SOO[O-]. The van der Waals surface area contributed by atoms with Crippen LogP contribution in [-0.2, 0) is 18.9 Å². The second-order valence-corrected chi connectivity index (χ2v) is 4.53. The number of hydrogen-bond donors (Lipinski definition) is 1. The monoisotopic (exact) mass is 303 g/mol. The fourth-order valence-electron chi connectivity index (χ4n) is 1.26. The maximum absolute atomic E-state index is 12.8. The summed E-state index contributed by atoms with van der Waals surface area (Å²) in [6.45, 7) is 0.0483. The van der Waals surface area contributed by atoms with Gasteiger partial charge in [-0.25, -0.2) is 4.79 Å². The van der Waals surface area contributed by atoms with Gasteiger partial charge in [0.05, 0.1) is 6.61 Å². The molecule has 0 aromatic heterocycles. The third-order valence-corrected chi connectivity index (χ3v) is 2.69. The van der Waals surface area contributed by atoms with Crippen LogP contribution in [0.1, 0.15) is 38.5 Å². The Hall–Kier alpha value is -0.480. The lowest BCUT2D eigenvalue weighted by atomic mass is 10.1. The van der Waals surface area contributed by atoms with Crippen LogP contribution in [0.4, 0.5) is 8.78 Å². The van der Waals surface area contributed by atoms with Crippen LogP contribution in [0, 0.1) is 0 Å². The molecule has 6 nitrogen and oxygen atoms in total. The van der Waals surface area contributed by atoms with E-state index in [0.29, 0.717) is 6.42 Å². The molecule has 0 aromatic carbocycles. The zero-order valence-corrected chi connectivity index (χ0v) is 11.1. The molecule has 114 valence electrons. The highest BCUT2D eigenvalue weighted by molar-refractivity contribution is 7.96. The third kappa shape index (κ3) is 10.0. The van der Waals surface area contributed by atoms with Crippen molar-refractivity contribution in [3.63, 3.8) is 0 Å². The van der Waals surface area contributed by atoms with E-state index in [-0.39, 0.29) is 13.2 Å². The van der Waals surface area contributed by atoms with Gasteiger partial charge in [0, 0.05) is 6.61 Å². The third-order valence-electron chi connectivity index (χ3n) is 2.19. The quantitative estimate of drug-likeness (QED) is 0.191. The highest BCUT2D eigenvalue weighted by Gasteiger charge is 2.43. The molecule has 0 aliphatic rings. The van der Waals surface area contributed by atoms with Crippen molar-refractivity contribution in [3.05, 3.63) is 0 Å². The van der Waals surface area contributed by atoms with Gasteiger partial charge in [-0.3, -0.25) is 5.04 Å². The minimum atomic E-state index is -3.97. The van der Waals surface area contributed by atoms with Crippen LogP contribution >= 0.6 is 12.0 Å². The highest BCUT2D eigenvalue weighted by Crippen LogP contribution is 2.31. The molecule has 0 aliphatic carbocycles. The molecular weight excluding hydrogens is 286 g/mol. The molecule has 0 heterocycles. The van der Waals surface area contributed by atoms with E-state index < -0.39 is 23.3 Å². The van der Waals surface area contributed by atoms with Crippen LogP contribution in [-0.4, -0.2) is 29.5 Å². The number of esters is 1. The lowest BCUT2D eigenvalue weighted by Crippen LogP contribution is -2.28. The Morgan fingerprint density at radius 1 is 1.16 bits per heavy atom. The molecule has 0 rings (SSSR count). The number of ether oxygens (including phenoxy) is 1. The summed E-state index contributed by atoms with van der Waals surface area (Å²) in [4.78, 5) is 10.9. The topological polar surface area (TPSA) is 88.1 Å². The van der Waals surface area contributed by atoms with Crippen LogP contribution in [0.5, 0.6) is 0 Å². The Labute approximate surface area is 114 Å². The van der Waals surface area contributed by atoms with Crippen LogP contribution in [0.15, 0.2) is 0 Å². The lowest BCUT2D eigenvalue weighted by molar-refractivity contribution is -0.777. The Balaban J connectivity index is 3.52. The van der Waals surface area contributed by atoms with Gasteiger partial charge in [0.1, 0.15) is 12.0 Å². The van der Waals surface area contributed by atoms with Gasteiger partial charge in [-0.15, -0.1) is 0 Å². The van der Waals surface area contributed by atoms with Gasteiger partial charge in [0.25, 0.3) is 0 Å². The first kappa shape index (κ1) is 18.5. The maximum atomic E-state index is 12.8. The fraction of sp³-hybridized carbons (Fsp3) is 0.900. The van der Waals surface area contributed by atoms with Gasteiger partial charge in [-0.05, 0) is 12.8 Å². The van der Waals surface area contributed by atoms with Gasteiger partial charge in [0.15, 0.2) is 0 Å². The van der Waals surface area contributed by atoms with Crippen LogP contribution in [0.25, 0.3) is 0 Å². The molecule has 0 saturated heterocycles. The molecule has 0 fully saturated rings. The molecule has 1 N–H and O–H groups in total. The largest absolute Gasteiger partial charge is 0.691 e. The molecule has 0 aliphatic heterocycles. The van der Waals surface area contributed by atoms with Crippen molar-refractivity contribution in [2.75, 3.05) is 13.2 Å². The molecule has 0 unspecified atom stereocenters. The van der Waals surface area contributed by atoms with E-state index >= 15 is 0 Å². The number of aliphatic hydroxyl groups excluding tert-OH is 1. The zero-order valence-electron chi connectivity index (χ0n) is 10.3. The second kappa shape index (κ2) is 11.4. The molecule has 19 heavy (non-hydrogen) atoms. The Kier molecular flexibility index (Phi) is 11.1. The summed E-state index contributed by atoms with van der Waals surface area (Å²) in [5.74, 6) is -1.77. The summed E-state index contributed by atoms with van der Waals surface area (Å²) < 4.78 is 33.4. The van der Waals surface area contributed by atoms with E-state index in [1.54, 1.807) is 0 Å². The van der Waals surface area contributed by atoms with Crippen molar-refractivity contribution >= 4 is 18.0 Å². The minimum Gasteiger partial charge on any atom is -0.691 e. The summed E-state index contributed by atoms with van der Waals surface area (Å²) in [6, 6.07) is 0. The van der Waals surface area contributed by atoms with E-state index in [1.807, 2.05) is 0 Å². The smallest absolute Gasteiger partial charge is 0.415 e. The Morgan fingerprint density at radius 3 is 2.32 bits per heavy atom. The van der Waals surface area contributed by atoms with Crippen molar-refractivity contribution in [2.45, 2.75) is 43.8 Å². The van der Waals surface area contributed by atoms with Gasteiger partial charge in [-0.2, -0.15) is 13.1 Å². The van der Waals surface area contributed by atoms with Crippen LogP contribution < -0.4 is 5.26 Å². The van der Waals surface area contributed by atoms with Gasteiger partial charge >= 0.3 is 11.2 Å². The predicted octanol–water partition coefficient (Wildman–Crippen LogP) is 1.33. The molecule has 0 spiro atoms. The Morgan fingerprint density at radius 2 is 1.74 bits per heavy atom. The van der Waals surface area contributed by atoms with Crippen LogP contribution in [0.3, 0.4) is 0 Å². The first-order chi connectivity index (χ1) is 9.04. The van der Waals surface area contributed by atoms with Crippen molar-refractivity contribution in [2.24, 2.45) is 0 Å². The van der Waals surface area contributed by atoms with Crippen molar-refractivity contribution < 1.29 is 38.0 Å². The summed E-state index contributed by atoms with van der Waals surface area (Å²) in [7, 11) is 0. The standard InChI is InChI=1S/C10H18F2O6S/c11-10(12,19-18-17-15)9(14)16-8-6-4-2-1-3-5-7-13/h13,15H,1-8H2/p-1.